The molecular weight excluding hydrogens is 729 g/mol. The highest BCUT2D eigenvalue weighted by Gasteiger charge is 2.17. The molecule has 0 N–H and O–H groups in total. The van der Waals surface area contributed by atoms with Crippen molar-refractivity contribution in [3.63, 3.8) is 0 Å². The number of allylic oxidation sites excluding steroid dienone is 2. The molecule has 0 heterocycles. The van der Waals surface area contributed by atoms with E-state index in [0.717, 1.165) is 38.5 Å². The van der Waals surface area contributed by atoms with Gasteiger partial charge in [-0.2, -0.15) is 0 Å². The molecule has 0 rings (SSSR count). The molecule has 0 saturated carbocycles. The summed E-state index contributed by atoms with van der Waals surface area (Å²) in [7, 11) is 0. The molecule has 5 heteroatoms. The van der Waals surface area contributed by atoms with Crippen LogP contribution in [0.5, 0.6) is 0 Å². The van der Waals surface area contributed by atoms with Crippen LogP contribution in [0.2, 0.25) is 0 Å². The van der Waals surface area contributed by atoms with Crippen LogP contribution >= 0.6 is 0 Å². The molecular formula is C54H104O5. The average Bonchev–Trinajstić information content (AvgIpc) is 3.24. The summed E-state index contributed by atoms with van der Waals surface area (Å²) in [5, 5.41) is 0. The summed E-state index contributed by atoms with van der Waals surface area (Å²) in [6.07, 6.45) is 57.9. The van der Waals surface area contributed by atoms with Gasteiger partial charge in [-0.25, -0.2) is 0 Å². The van der Waals surface area contributed by atoms with E-state index >= 15 is 0 Å². The molecule has 59 heavy (non-hydrogen) atoms. The third-order valence-electron chi connectivity index (χ3n) is 12.1. The molecule has 0 radical (unpaired) electrons. The summed E-state index contributed by atoms with van der Waals surface area (Å²) in [5.41, 5.74) is 0. The largest absolute Gasteiger partial charge is 0.462 e. The Morgan fingerprint density at radius 2 is 0.661 bits per heavy atom. The Kier molecular flexibility index (Phi) is 49.8. The number of esters is 2. The first-order valence-electron chi connectivity index (χ1n) is 26.7. The quantitative estimate of drug-likeness (QED) is 0.0347. The van der Waals surface area contributed by atoms with E-state index in [9.17, 15) is 9.59 Å². The molecule has 0 amide bonds. The first-order valence-corrected chi connectivity index (χ1v) is 26.7. The van der Waals surface area contributed by atoms with Crippen LogP contribution < -0.4 is 0 Å². The molecule has 5 nitrogen and oxygen atoms in total. The van der Waals surface area contributed by atoms with Crippen molar-refractivity contribution in [1.29, 1.82) is 0 Å². The highest BCUT2D eigenvalue weighted by molar-refractivity contribution is 5.70. The molecule has 0 aliphatic rings. The van der Waals surface area contributed by atoms with Gasteiger partial charge >= 0.3 is 11.9 Å². The lowest BCUT2D eigenvalue weighted by Crippen LogP contribution is -2.30. The molecule has 0 bridgehead atoms. The maximum absolute atomic E-state index is 12.8. The Morgan fingerprint density at radius 1 is 0.356 bits per heavy atom. The standard InChI is InChI=1S/C54H104O5/c1-4-7-10-13-16-19-22-25-27-29-31-34-37-40-43-46-49-57-50-52(59-54(56)48-45-42-39-36-32-24-21-18-15-12-9-6-3)51-58-53(55)47-44-41-38-35-33-30-28-26-23-20-17-14-11-8-5-2/h26,28,52H,4-25,27,29-51H2,1-3H3/b28-26-/t52-/m1/s1. The fourth-order valence-corrected chi connectivity index (χ4v) is 8.04. The van der Waals surface area contributed by atoms with Crippen LogP contribution in [0, 0.1) is 0 Å². The molecule has 0 unspecified atom stereocenters. The Hall–Kier alpha value is -1.36. The Labute approximate surface area is 369 Å². The molecule has 0 aromatic heterocycles. The third-order valence-corrected chi connectivity index (χ3v) is 12.1. The van der Waals surface area contributed by atoms with Crippen LogP contribution in [-0.2, 0) is 23.8 Å². The minimum absolute atomic E-state index is 0.0903. The van der Waals surface area contributed by atoms with E-state index in [0.29, 0.717) is 26.1 Å². The Morgan fingerprint density at radius 3 is 1.03 bits per heavy atom. The van der Waals surface area contributed by atoms with E-state index in [4.69, 9.17) is 14.2 Å². The molecule has 1 atom stereocenters. The summed E-state index contributed by atoms with van der Waals surface area (Å²) in [6.45, 7) is 7.88. The zero-order chi connectivity index (χ0) is 42.8. The number of hydrogen-bond donors (Lipinski definition) is 0. The van der Waals surface area contributed by atoms with E-state index in [1.807, 2.05) is 0 Å². The van der Waals surface area contributed by atoms with Crippen LogP contribution in [0.1, 0.15) is 297 Å². The molecule has 0 aliphatic carbocycles. The lowest BCUT2D eigenvalue weighted by molar-refractivity contribution is -0.163. The number of rotatable bonds is 50. The number of carbonyl (C=O) groups excluding carboxylic acids is 2. The van der Waals surface area contributed by atoms with Gasteiger partial charge in [-0.15, -0.1) is 0 Å². The van der Waals surface area contributed by atoms with Crippen LogP contribution in [0.15, 0.2) is 12.2 Å². The van der Waals surface area contributed by atoms with Crippen LogP contribution in [0.3, 0.4) is 0 Å². The van der Waals surface area contributed by atoms with E-state index in [1.54, 1.807) is 0 Å². The van der Waals surface area contributed by atoms with Gasteiger partial charge in [-0.3, -0.25) is 9.59 Å². The topological polar surface area (TPSA) is 61.8 Å². The lowest BCUT2D eigenvalue weighted by Gasteiger charge is -2.18. The SMILES string of the molecule is CCCCCCCC/C=C\CCCCCCCC(=O)OC[C@@H](COCCCCCCCCCCCCCCCCCC)OC(=O)CCCCCCCCCCCCCC. The van der Waals surface area contributed by atoms with Crippen molar-refractivity contribution in [2.45, 2.75) is 303 Å². The second kappa shape index (κ2) is 51.0. The van der Waals surface area contributed by atoms with Gasteiger partial charge < -0.3 is 14.2 Å². The highest BCUT2D eigenvalue weighted by atomic mass is 16.6. The molecule has 0 aliphatic heterocycles. The van der Waals surface area contributed by atoms with Gasteiger partial charge in [0.15, 0.2) is 6.10 Å². The van der Waals surface area contributed by atoms with Gasteiger partial charge in [-0.05, 0) is 44.9 Å². The van der Waals surface area contributed by atoms with Gasteiger partial charge in [-0.1, -0.05) is 251 Å². The van der Waals surface area contributed by atoms with Crippen molar-refractivity contribution in [1.82, 2.24) is 0 Å². The summed E-state index contributed by atoms with van der Waals surface area (Å²) in [4.78, 5) is 25.4. The number of unbranched alkanes of at least 4 members (excludes halogenated alkanes) is 37. The minimum Gasteiger partial charge on any atom is -0.462 e. The summed E-state index contributed by atoms with van der Waals surface area (Å²) in [5.74, 6) is -0.385. The number of carbonyl (C=O) groups is 2. The van der Waals surface area contributed by atoms with E-state index in [-0.39, 0.29) is 18.5 Å². The minimum atomic E-state index is -0.529. The van der Waals surface area contributed by atoms with Crippen LogP contribution in [-0.4, -0.2) is 37.9 Å². The molecule has 350 valence electrons. The fourth-order valence-electron chi connectivity index (χ4n) is 8.04. The average molecular weight is 833 g/mol. The zero-order valence-corrected chi connectivity index (χ0v) is 40.3. The second-order valence-corrected chi connectivity index (χ2v) is 18.1. The fraction of sp³-hybridized carbons (Fsp3) is 0.926. The molecule has 0 aromatic carbocycles. The van der Waals surface area contributed by atoms with Crippen LogP contribution in [0.4, 0.5) is 0 Å². The van der Waals surface area contributed by atoms with Gasteiger partial charge in [0.05, 0.1) is 6.61 Å². The summed E-state index contributed by atoms with van der Waals surface area (Å²) >= 11 is 0. The number of hydrogen-bond acceptors (Lipinski definition) is 5. The second-order valence-electron chi connectivity index (χ2n) is 18.1. The summed E-state index contributed by atoms with van der Waals surface area (Å²) < 4.78 is 17.4. The normalized spacial score (nSPS) is 12.1. The zero-order valence-electron chi connectivity index (χ0n) is 40.3. The third kappa shape index (κ3) is 49.2. The predicted molar refractivity (Wildman–Crippen MR) is 256 cm³/mol. The van der Waals surface area contributed by atoms with Crippen molar-refractivity contribution < 1.29 is 23.8 Å². The first kappa shape index (κ1) is 57.6. The van der Waals surface area contributed by atoms with Crippen LogP contribution in [0.25, 0.3) is 0 Å². The molecule has 0 aromatic rings. The van der Waals surface area contributed by atoms with E-state index in [2.05, 4.69) is 32.9 Å². The van der Waals surface area contributed by atoms with Crippen molar-refractivity contribution in [3.8, 4) is 0 Å². The molecule has 0 fully saturated rings. The van der Waals surface area contributed by atoms with Gasteiger partial charge in [0.2, 0.25) is 0 Å². The predicted octanol–water partition coefficient (Wildman–Crippen LogP) is 17.8. The molecule has 0 saturated heterocycles. The van der Waals surface area contributed by atoms with Gasteiger partial charge in [0.25, 0.3) is 0 Å². The molecule has 0 spiro atoms. The van der Waals surface area contributed by atoms with Crippen molar-refractivity contribution >= 4 is 11.9 Å². The maximum Gasteiger partial charge on any atom is 0.306 e. The smallest absolute Gasteiger partial charge is 0.306 e. The number of ether oxygens (including phenoxy) is 3. The first-order chi connectivity index (χ1) is 29.1. The van der Waals surface area contributed by atoms with Gasteiger partial charge in [0, 0.05) is 19.4 Å². The van der Waals surface area contributed by atoms with Crippen molar-refractivity contribution in [3.05, 3.63) is 12.2 Å². The summed E-state index contributed by atoms with van der Waals surface area (Å²) in [6, 6.07) is 0. The van der Waals surface area contributed by atoms with Gasteiger partial charge in [0.1, 0.15) is 6.61 Å². The highest BCUT2D eigenvalue weighted by Crippen LogP contribution is 2.16. The maximum atomic E-state index is 12.8. The van der Waals surface area contributed by atoms with E-state index in [1.165, 1.54) is 225 Å². The Balaban J connectivity index is 4.20. The van der Waals surface area contributed by atoms with Crippen molar-refractivity contribution in [2.75, 3.05) is 19.8 Å². The monoisotopic (exact) mass is 833 g/mol. The Bertz CT molecular complexity index is 856. The lowest BCUT2D eigenvalue weighted by atomic mass is 10.0. The van der Waals surface area contributed by atoms with Crippen molar-refractivity contribution in [2.24, 2.45) is 0 Å². The van der Waals surface area contributed by atoms with E-state index < -0.39 is 6.10 Å².